The van der Waals surface area contributed by atoms with Gasteiger partial charge in [-0.1, -0.05) is 6.07 Å². The summed E-state index contributed by atoms with van der Waals surface area (Å²) in [7, 11) is 0. The van der Waals surface area contributed by atoms with Gasteiger partial charge in [0.05, 0.1) is 0 Å². The lowest BCUT2D eigenvalue weighted by Crippen LogP contribution is -2.41. The first kappa shape index (κ1) is 20.1. The van der Waals surface area contributed by atoms with E-state index in [9.17, 15) is 4.79 Å². The average molecular weight is 404 g/mol. The molecule has 1 saturated heterocycles. The second-order valence-corrected chi connectivity index (χ2v) is 8.15. The monoisotopic (exact) mass is 403 g/mol. The molecule has 1 fully saturated rings. The first-order valence-electron chi connectivity index (χ1n) is 10.7. The van der Waals surface area contributed by atoms with E-state index < -0.39 is 0 Å². The highest BCUT2D eigenvalue weighted by Crippen LogP contribution is 2.31. The third kappa shape index (κ3) is 4.70. The number of carbonyl (C=O) groups excluding carboxylic acids is 1. The van der Waals surface area contributed by atoms with E-state index in [2.05, 4.69) is 39.6 Å². The lowest BCUT2D eigenvalue weighted by atomic mass is 9.92. The number of nitrogens with two attached hydrogens (primary N) is 1. The Kier molecular flexibility index (Phi) is 6.12. The van der Waals surface area contributed by atoms with Crippen molar-refractivity contribution in [1.82, 2.24) is 14.9 Å². The Morgan fingerprint density at radius 2 is 2.00 bits per heavy atom. The van der Waals surface area contributed by atoms with Crippen LogP contribution < -0.4 is 11.1 Å². The maximum absolute atomic E-state index is 11.3. The minimum absolute atomic E-state index is 0.292. The van der Waals surface area contributed by atoms with E-state index in [-0.39, 0.29) is 6.03 Å². The molecule has 3 aromatic rings. The summed E-state index contributed by atoms with van der Waals surface area (Å²) in [4.78, 5) is 21.8. The molecule has 156 valence electrons. The van der Waals surface area contributed by atoms with Crippen LogP contribution in [0.25, 0.3) is 21.9 Å². The van der Waals surface area contributed by atoms with Gasteiger partial charge in [0.15, 0.2) is 0 Å². The number of hydrogen-bond acceptors (Lipinski definition) is 4. The van der Waals surface area contributed by atoms with Gasteiger partial charge in [-0.2, -0.15) is 0 Å². The van der Waals surface area contributed by atoms with Crippen molar-refractivity contribution in [3.8, 4) is 11.1 Å². The molecule has 6 nitrogen and oxygen atoms in total. The molecule has 3 N–H and O–H groups in total. The van der Waals surface area contributed by atoms with Crippen LogP contribution in [0.4, 0.5) is 10.5 Å². The molecular formula is C24H29N5O. The summed E-state index contributed by atoms with van der Waals surface area (Å²) in [6.07, 6.45) is 10.0. The summed E-state index contributed by atoms with van der Waals surface area (Å²) in [6.45, 7) is 4.49. The molecule has 6 heteroatoms. The number of fused-ring (bicyclic) bond motifs is 1. The van der Waals surface area contributed by atoms with Gasteiger partial charge in [-0.15, -0.1) is 0 Å². The first-order chi connectivity index (χ1) is 14.6. The molecule has 0 spiro atoms. The Hall–Kier alpha value is -3.15. The standard InChI is InChI=1S/C24H29N5O/c1-17-4-5-20(15-28-17)21-13-19-6-10-26-16-22(19)23(14-21)27-9-2-3-18-7-11-29(12-8-18)24(25)30/h4-6,10,13-16,18,27H,2-3,7-9,11-12H2,1H3,(H2,25,30). The highest BCUT2D eigenvalue weighted by Gasteiger charge is 2.20. The number of nitrogens with one attached hydrogen (secondary N) is 1. The van der Waals surface area contributed by atoms with Gasteiger partial charge in [0.1, 0.15) is 0 Å². The zero-order chi connectivity index (χ0) is 20.9. The third-order valence-corrected chi connectivity index (χ3v) is 6.03. The van der Waals surface area contributed by atoms with Gasteiger partial charge in [-0.3, -0.25) is 9.97 Å². The number of urea groups is 1. The van der Waals surface area contributed by atoms with E-state index in [1.54, 1.807) is 4.90 Å². The number of likely N-dealkylation sites (tertiary alicyclic amines) is 1. The Morgan fingerprint density at radius 1 is 1.17 bits per heavy atom. The minimum Gasteiger partial charge on any atom is -0.384 e. The smallest absolute Gasteiger partial charge is 0.314 e. The maximum atomic E-state index is 11.3. The number of aromatic nitrogens is 2. The number of carbonyl (C=O) groups is 1. The Labute approximate surface area is 177 Å². The number of anilines is 1. The zero-order valence-corrected chi connectivity index (χ0v) is 17.5. The number of benzene rings is 1. The molecule has 30 heavy (non-hydrogen) atoms. The summed E-state index contributed by atoms with van der Waals surface area (Å²) in [5.41, 5.74) is 9.77. The summed E-state index contributed by atoms with van der Waals surface area (Å²) in [6, 6.07) is 10.3. The van der Waals surface area contributed by atoms with Crippen molar-refractivity contribution in [2.45, 2.75) is 32.6 Å². The quantitative estimate of drug-likeness (QED) is 0.590. The number of piperidine rings is 1. The zero-order valence-electron chi connectivity index (χ0n) is 17.5. The largest absolute Gasteiger partial charge is 0.384 e. The van der Waals surface area contributed by atoms with E-state index in [0.29, 0.717) is 5.92 Å². The van der Waals surface area contributed by atoms with Crippen LogP contribution in [0.5, 0.6) is 0 Å². The van der Waals surface area contributed by atoms with Crippen molar-refractivity contribution in [1.29, 1.82) is 0 Å². The van der Waals surface area contributed by atoms with Crippen LogP contribution in [0.1, 0.15) is 31.4 Å². The first-order valence-corrected chi connectivity index (χ1v) is 10.7. The molecular weight excluding hydrogens is 374 g/mol. The van der Waals surface area contributed by atoms with Gasteiger partial charge in [-0.25, -0.2) is 4.79 Å². The van der Waals surface area contributed by atoms with Crippen LogP contribution in [0.15, 0.2) is 48.9 Å². The molecule has 0 unspecified atom stereocenters. The van der Waals surface area contributed by atoms with Crippen LogP contribution in [-0.2, 0) is 0 Å². The highest BCUT2D eigenvalue weighted by atomic mass is 16.2. The lowest BCUT2D eigenvalue weighted by molar-refractivity contribution is 0.176. The lowest BCUT2D eigenvalue weighted by Gasteiger charge is -2.30. The highest BCUT2D eigenvalue weighted by molar-refractivity contribution is 5.97. The van der Waals surface area contributed by atoms with E-state index in [0.717, 1.165) is 73.2 Å². The molecule has 0 atom stereocenters. The van der Waals surface area contributed by atoms with Crippen molar-refractivity contribution in [3.05, 3.63) is 54.6 Å². The minimum atomic E-state index is -0.292. The van der Waals surface area contributed by atoms with Crippen LogP contribution in [0, 0.1) is 12.8 Å². The number of amides is 2. The van der Waals surface area contributed by atoms with E-state index in [1.807, 2.05) is 31.6 Å². The number of hydrogen-bond donors (Lipinski definition) is 2. The van der Waals surface area contributed by atoms with E-state index in [4.69, 9.17) is 5.73 Å². The number of rotatable bonds is 6. The predicted octanol–water partition coefficient (Wildman–Crippen LogP) is 4.59. The second-order valence-electron chi connectivity index (χ2n) is 8.15. The van der Waals surface area contributed by atoms with Gasteiger partial charge in [0.25, 0.3) is 0 Å². The van der Waals surface area contributed by atoms with Crippen molar-refractivity contribution in [3.63, 3.8) is 0 Å². The molecule has 0 aliphatic carbocycles. The topological polar surface area (TPSA) is 84.1 Å². The molecule has 1 aliphatic rings. The molecule has 1 aliphatic heterocycles. The van der Waals surface area contributed by atoms with E-state index >= 15 is 0 Å². The van der Waals surface area contributed by atoms with Crippen LogP contribution in [-0.4, -0.2) is 40.5 Å². The van der Waals surface area contributed by atoms with Gasteiger partial charge < -0.3 is 16.0 Å². The summed E-state index contributed by atoms with van der Waals surface area (Å²) in [5.74, 6) is 0.672. The Bertz CT molecular complexity index is 1010. The summed E-state index contributed by atoms with van der Waals surface area (Å²) < 4.78 is 0. The van der Waals surface area contributed by atoms with Gasteiger partial charge in [0, 0.05) is 60.6 Å². The van der Waals surface area contributed by atoms with Crippen molar-refractivity contribution >= 4 is 22.5 Å². The molecule has 4 rings (SSSR count). The summed E-state index contributed by atoms with van der Waals surface area (Å²) in [5, 5.41) is 5.94. The normalized spacial score (nSPS) is 14.8. The SMILES string of the molecule is Cc1ccc(-c2cc(NCCCC3CCN(C(N)=O)CC3)c3cnccc3c2)cn1. The summed E-state index contributed by atoms with van der Waals surface area (Å²) >= 11 is 0. The fourth-order valence-corrected chi connectivity index (χ4v) is 4.21. The number of primary amides is 1. The van der Waals surface area contributed by atoms with Gasteiger partial charge in [-0.05, 0) is 73.7 Å². The van der Waals surface area contributed by atoms with Crippen LogP contribution >= 0.6 is 0 Å². The molecule has 2 amide bonds. The fraction of sp³-hybridized carbons (Fsp3) is 0.375. The van der Waals surface area contributed by atoms with Crippen LogP contribution in [0.2, 0.25) is 0 Å². The fourth-order valence-electron chi connectivity index (χ4n) is 4.21. The predicted molar refractivity (Wildman–Crippen MR) is 121 cm³/mol. The van der Waals surface area contributed by atoms with Gasteiger partial charge >= 0.3 is 6.03 Å². The second kappa shape index (κ2) is 9.11. The Balaban J connectivity index is 1.41. The van der Waals surface area contributed by atoms with Crippen molar-refractivity contribution in [2.75, 3.05) is 25.0 Å². The van der Waals surface area contributed by atoms with E-state index in [1.165, 1.54) is 5.39 Å². The number of nitrogens with zero attached hydrogens (tertiary/aromatic N) is 3. The number of pyridine rings is 2. The molecule has 3 heterocycles. The third-order valence-electron chi connectivity index (χ3n) is 6.03. The molecule has 1 aromatic carbocycles. The maximum Gasteiger partial charge on any atom is 0.314 e. The molecule has 2 aromatic heterocycles. The number of aryl methyl sites for hydroxylation is 1. The Morgan fingerprint density at radius 3 is 2.73 bits per heavy atom. The molecule has 0 radical (unpaired) electrons. The van der Waals surface area contributed by atoms with Gasteiger partial charge in [0.2, 0.25) is 0 Å². The van der Waals surface area contributed by atoms with Crippen molar-refractivity contribution < 1.29 is 4.79 Å². The molecule has 0 bridgehead atoms. The average Bonchev–Trinajstić information content (AvgIpc) is 2.77. The van der Waals surface area contributed by atoms with Crippen LogP contribution in [0.3, 0.4) is 0 Å². The van der Waals surface area contributed by atoms with Crippen molar-refractivity contribution in [2.24, 2.45) is 11.7 Å². The molecule has 0 saturated carbocycles.